The van der Waals surface area contributed by atoms with E-state index >= 15 is 0 Å². The van der Waals surface area contributed by atoms with Gasteiger partial charge >= 0.3 is 0 Å². The number of nitrogens with one attached hydrogen (secondary N) is 1. The van der Waals surface area contributed by atoms with E-state index in [0.717, 1.165) is 49.5 Å². The van der Waals surface area contributed by atoms with Gasteiger partial charge < -0.3 is 24.6 Å². The number of amides is 1. The van der Waals surface area contributed by atoms with Crippen molar-refractivity contribution in [3.05, 3.63) is 23.8 Å². The number of thiocarbonyl (C=S) groups is 1. The van der Waals surface area contributed by atoms with E-state index in [2.05, 4.69) is 10.2 Å². The van der Waals surface area contributed by atoms with Crippen LogP contribution in [0.4, 0.5) is 0 Å². The third-order valence-electron chi connectivity index (χ3n) is 5.51. The maximum Gasteiger partial charge on any atom is 0.228 e. The Morgan fingerprint density at radius 1 is 1.19 bits per heavy atom. The number of hydrogen-bond donors (Lipinski definition) is 1. The molecule has 6 nitrogen and oxygen atoms in total. The fraction of sp³-hybridized carbons (Fsp3) is 0.600. The van der Waals surface area contributed by atoms with Crippen LogP contribution >= 0.6 is 12.2 Å². The van der Waals surface area contributed by atoms with Crippen LogP contribution < -0.4 is 14.8 Å². The van der Waals surface area contributed by atoms with Gasteiger partial charge in [-0.1, -0.05) is 0 Å². The highest BCUT2D eigenvalue weighted by Gasteiger charge is 2.42. The summed E-state index contributed by atoms with van der Waals surface area (Å²) in [5.41, 5.74) is 1.01. The number of carbonyl (C=O) groups excluding carboxylic acids is 1. The number of likely N-dealkylation sites (tertiary alicyclic amines) is 2. The Morgan fingerprint density at radius 2 is 1.93 bits per heavy atom. The lowest BCUT2D eigenvalue weighted by Gasteiger charge is -2.25. The molecule has 0 saturated carbocycles. The quantitative estimate of drug-likeness (QED) is 0.777. The molecule has 2 heterocycles. The predicted molar refractivity (Wildman–Crippen MR) is 109 cm³/mol. The summed E-state index contributed by atoms with van der Waals surface area (Å²) < 4.78 is 11.0. The zero-order chi connectivity index (χ0) is 19.4. The van der Waals surface area contributed by atoms with Crippen molar-refractivity contribution in [3.8, 4) is 11.5 Å². The second kappa shape index (κ2) is 8.78. The summed E-state index contributed by atoms with van der Waals surface area (Å²) in [6.45, 7) is 5.83. The standard InChI is InChI=1S/C20H29N3O3S/c1-4-21-20(27)23-12-16(15-11-14(25-2)7-8-18(15)26-3)17(13-23)19(24)22-9-5-6-10-22/h7-8,11,16-17H,4-6,9-10,12-13H2,1-3H3,(H,21,27). The highest BCUT2D eigenvalue weighted by atomic mass is 32.1. The molecular weight excluding hydrogens is 362 g/mol. The van der Waals surface area contributed by atoms with Crippen LogP contribution in [0.15, 0.2) is 18.2 Å². The molecule has 7 heteroatoms. The monoisotopic (exact) mass is 391 g/mol. The van der Waals surface area contributed by atoms with Gasteiger partial charge in [-0.05, 0) is 50.2 Å². The van der Waals surface area contributed by atoms with Crippen molar-refractivity contribution in [1.82, 2.24) is 15.1 Å². The number of ether oxygens (including phenoxy) is 2. The third-order valence-corrected chi connectivity index (χ3v) is 5.91. The molecule has 2 aliphatic rings. The summed E-state index contributed by atoms with van der Waals surface area (Å²) in [4.78, 5) is 17.4. The van der Waals surface area contributed by atoms with Gasteiger partial charge in [0.25, 0.3) is 0 Å². The van der Waals surface area contributed by atoms with E-state index in [4.69, 9.17) is 21.7 Å². The van der Waals surface area contributed by atoms with Crippen LogP contribution in [0.25, 0.3) is 0 Å². The van der Waals surface area contributed by atoms with Crippen molar-refractivity contribution in [2.75, 3.05) is 46.9 Å². The smallest absolute Gasteiger partial charge is 0.228 e. The second-order valence-electron chi connectivity index (χ2n) is 7.09. The largest absolute Gasteiger partial charge is 0.497 e. The van der Waals surface area contributed by atoms with E-state index in [9.17, 15) is 4.79 Å². The maximum absolute atomic E-state index is 13.3. The summed E-state index contributed by atoms with van der Waals surface area (Å²) in [6.07, 6.45) is 2.18. The van der Waals surface area contributed by atoms with Crippen LogP contribution in [0.2, 0.25) is 0 Å². The maximum atomic E-state index is 13.3. The molecule has 1 amide bonds. The number of benzene rings is 1. The Bertz CT molecular complexity index is 691. The molecular formula is C20H29N3O3S. The first-order chi connectivity index (χ1) is 13.1. The van der Waals surface area contributed by atoms with Crippen LogP contribution in [0.5, 0.6) is 11.5 Å². The van der Waals surface area contributed by atoms with Crippen LogP contribution in [0, 0.1) is 5.92 Å². The lowest BCUT2D eigenvalue weighted by Crippen LogP contribution is -2.40. The van der Waals surface area contributed by atoms with E-state index in [0.29, 0.717) is 18.2 Å². The van der Waals surface area contributed by atoms with Crippen LogP contribution in [0.3, 0.4) is 0 Å². The van der Waals surface area contributed by atoms with Crippen molar-refractivity contribution in [2.45, 2.75) is 25.7 Å². The van der Waals surface area contributed by atoms with Gasteiger partial charge in [0.2, 0.25) is 5.91 Å². The fourth-order valence-corrected chi connectivity index (χ4v) is 4.39. The van der Waals surface area contributed by atoms with E-state index in [1.54, 1.807) is 14.2 Å². The Labute approximate surface area is 166 Å². The van der Waals surface area contributed by atoms with Crippen LogP contribution in [-0.4, -0.2) is 67.8 Å². The molecule has 2 saturated heterocycles. The molecule has 1 aromatic carbocycles. The van der Waals surface area contributed by atoms with E-state index in [-0.39, 0.29) is 17.7 Å². The summed E-state index contributed by atoms with van der Waals surface area (Å²) in [7, 11) is 3.32. The number of nitrogens with zero attached hydrogens (tertiary/aromatic N) is 2. The Balaban J connectivity index is 1.93. The normalized spacial score (nSPS) is 22.0. The molecule has 2 unspecified atom stereocenters. The molecule has 1 aromatic rings. The SMILES string of the molecule is CCNC(=S)N1CC(C(=O)N2CCCC2)C(c2cc(OC)ccc2OC)C1. The summed E-state index contributed by atoms with van der Waals surface area (Å²) in [5, 5.41) is 3.93. The minimum absolute atomic E-state index is 0.0137. The van der Waals surface area contributed by atoms with Gasteiger partial charge in [0.1, 0.15) is 11.5 Å². The van der Waals surface area contributed by atoms with Gasteiger partial charge in [-0.25, -0.2) is 0 Å². The van der Waals surface area contributed by atoms with Gasteiger partial charge in [0, 0.05) is 44.2 Å². The molecule has 2 atom stereocenters. The molecule has 0 radical (unpaired) electrons. The van der Waals surface area contributed by atoms with Gasteiger partial charge in [-0.15, -0.1) is 0 Å². The first-order valence-electron chi connectivity index (χ1n) is 9.62. The average Bonchev–Trinajstić information content (AvgIpc) is 3.37. The Morgan fingerprint density at radius 3 is 2.56 bits per heavy atom. The van der Waals surface area contributed by atoms with Crippen molar-refractivity contribution in [2.24, 2.45) is 5.92 Å². The average molecular weight is 392 g/mol. The van der Waals surface area contributed by atoms with Gasteiger partial charge in [0.15, 0.2) is 5.11 Å². The van der Waals surface area contributed by atoms with Crippen LogP contribution in [-0.2, 0) is 4.79 Å². The zero-order valence-electron chi connectivity index (χ0n) is 16.4. The third kappa shape index (κ3) is 4.13. The minimum atomic E-state index is -0.138. The molecule has 0 aromatic heterocycles. The molecule has 27 heavy (non-hydrogen) atoms. The predicted octanol–water partition coefficient (Wildman–Crippen LogP) is 2.24. The van der Waals surface area contributed by atoms with Gasteiger partial charge in [-0.3, -0.25) is 4.79 Å². The lowest BCUT2D eigenvalue weighted by molar-refractivity contribution is -0.134. The van der Waals surface area contributed by atoms with E-state index in [1.165, 1.54) is 0 Å². The van der Waals surface area contributed by atoms with Crippen LogP contribution in [0.1, 0.15) is 31.2 Å². The molecule has 0 bridgehead atoms. The molecule has 0 spiro atoms. The molecule has 2 fully saturated rings. The van der Waals surface area contributed by atoms with Gasteiger partial charge in [0.05, 0.1) is 20.1 Å². The lowest BCUT2D eigenvalue weighted by atomic mass is 9.87. The number of carbonyl (C=O) groups is 1. The highest BCUT2D eigenvalue weighted by molar-refractivity contribution is 7.80. The first-order valence-corrected chi connectivity index (χ1v) is 10.0. The van der Waals surface area contributed by atoms with Crippen molar-refractivity contribution < 1.29 is 14.3 Å². The molecule has 148 valence electrons. The second-order valence-corrected chi connectivity index (χ2v) is 7.48. The summed E-state index contributed by atoms with van der Waals surface area (Å²) >= 11 is 5.53. The molecule has 1 N–H and O–H groups in total. The molecule has 0 aliphatic carbocycles. The Hall–Kier alpha value is -2.02. The zero-order valence-corrected chi connectivity index (χ0v) is 17.2. The van der Waals surface area contributed by atoms with Gasteiger partial charge in [-0.2, -0.15) is 0 Å². The molecule has 2 aliphatic heterocycles. The van der Waals surface area contributed by atoms with Crippen molar-refractivity contribution in [1.29, 1.82) is 0 Å². The highest BCUT2D eigenvalue weighted by Crippen LogP contribution is 2.40. The summed E-state index contributed by atoms with van der Waals surface area (Å²) in [5.74, 6) is 1.66. The molecule has 3 rings (SSSR count). The first kappa shape index (κ1) is 19.7. The topological polar surface area (TPSA) is 54.0 Å². The summed E-state index contributed by atoms with van der Waals surface area (Å²) in [6, 6.07) is 5.79. The van der Waals surface area contributed by atoms with E-state index < -0.39 is 0 Å². The minimum Gasteiger partial charge on any atom is -0.497 e. The van der Waals surface area contributed by atoms with E-state index in [1.807, 2.05) is 30.0 Å². The fourth-order valence-electron chi connectivity index (χ4n) is 4.10. The number of methoxy groups -OCH3 is 2. The van der Waals surface area contributed by atoms with Crippen molar-refractivity contribution in [3.63, 3.8) is 0 Å². The number of hydrogen-bond acceptors (Lipinski definition) is 4. The van der Waals surface area contributed by atoms with Crippen molar-refractivity contribution >= 4 is 23.2 Å². The Kier molecular flexibility index (Phi) is 6.42. The number of rotatable bonds is 5.